The van der Waals surface area contributed by atoms with Gasteiger partial charge in [-0.25, -0.2) is 4.98 Å². The van der Waals surface area contributed by atoms with E-state index in [2.05, 4.69) is 64.3 Å². The molecule has 5 aromatic rings. The predicted molar refractivity (Wildman–Crippen MR) is 121 cm³/mol. The molecule has 0 aliphatic heterocycles. The van der Waals surface area contributed by atoms with E-state index in [0.717, 1.165) is 38.2 Å². The Labute approximate surface area is 172 Å². The van der Waals surface area contributed by atoms with Crippen molar-refractivity contribution in [2.75, 3.05) is 0 Å². The number of rotatable bonds is 4. The van der Waals surface area contributed by atoms with Crippen LogP contribution >= 0.6 is 11.3 Å². The summed E-state index contributed by atoms with van der Waals surface area (Å²) in [5, 5.41) is 11.7. The summed E-state index contributed by atoms with van der Waals surface area (Å²) in [5.41, 5.74) is 4.96. The van der Waals surface area contributed by atoms with Gasteiger partial charge in [0.05, 0.1) is 15.8 Å². The lowest BCUT2D eigenvalue weighted by atomic mass is 10.1. The molecule has 0 atom stereocenters. The van der Waals surface area contributed by atoms with E-state index in [4.69, 9.17) is 0 Å². The van der Waals surface area contributed by atoms with Crippen molar-refractivity contribution in [2.24, 2.45) is 0 Å². The number of hydrogen-bond donors (Lipinski definition) is 0. The molecule has 4 heteroatoms. The molecule has 0 N–H and O–H groups in total. The second-order valence-corrected chi connectivity index (χ2v) is 7.90. The summed E-state index contributed by atoms with van der Waals surface area (Å²) >= 11 is 1.56. The second-order valence-electron chi connectivity index (χ2n) is 6.87. The van der Waals surface area contributed by atoms with Crippen molar-refractivity contribution in [1.82, 2.24) is 9.55 Å². The molecule has 0 aliphatic rings. The van der Waals surface area contributed by atoms with Crippen LogP contribution in [0, 0.1) is 11.3 Å². The summed E-state index contributed by atoms with van der Waals surface area (Å²) in [6, 6.07) is 29.1. The van der Waals surface area contributed by atoms with Gasteiger partial charge in [0.25, 0.3) is 0 Å². The highest BCUT2D eigenvalue weighted by Gasteiger charge is 2.12. The summed E-state index contributed by atoms with van der Waals surface area (Å²) in [5.74, 6) is 0. The standard InChI is InChI=1S/C25H17N3S/c26-15-19(25-27-22-11-5-7-13-24(22)29-25)14-20-17-28(16-18-8-2-1-3-9-18)23-12-6-4-10-21(20)23/h1-14,17H,16H2. The van der Waals surface area contributed by atoms with Gasteiger partial charge in [0.2, 0.25) is 0 Å². The average Bonchev–Trinajstić information content (AvgIpc) is 3.34. The zero-order chi connectivity index (χ0) is 19.6. The summed E-state index contributed by atoms with van der Waals surface area (Å²) in [6.07, 6.45) is 4.09. The lowest BCUT2D eigenvalue weighted by Crippen LogP contribution is -1.97. The molecule has 0 saturated heterocycles. The van der Waals surface area contributed by atoms with E-state index < -0.39 is 0 Å². The Morgan fingerprint density at radius 3 is 2.55 bits per heavy atom. The van der Waals surface area contributed by atoms with E-state index in [1.165, 1.54) is 5.56 Å². The van der Waals surface area contributed by atoms with Crippen LogP contribution in [-0.4, -0.2) is 9.55 Å². The minimum absolute atomic E-state index is 0.591. The van der Waals surface area contributed by atoms with E-state index in [0.29, 0.717) is 5.57 Å². The third-order valence-electron chi connectivity index (χ3n) is 4.96. The van der Waals surface area contributed by atoms with Crippen molar-refractivity contribution in [2.45, 2.75) is 6.54 Å². The van der Waals surface area contributed by atoms with Crippen LogP contribution in [0.2, 0.25) is 0 Å². The van der Waals surface area contributed by atoms with Crippen LogP contribution < -0.4 is 0 Å². The van der Waals surface area contributed by atoms with Crippen molar-refractivity contribution in [3.05, 3.63) is 101 Å². The molecule has 5 rings (SSSR count). The molecule has 0 saturated carbocycles. The largest absolute Gasteiger partial charge is 0.342 e. The van der Waals surface area contributed by atoms with Crippen LogP contribution in [-0.2, 0) is 6.54 Å². The van der Waals surface area contributed by atoms with Crippen molar-refractivity contribution < 1.29 is 0 Å². The van der Waals surface area contributed by atoms with E-state index in [-0.39, 0.29) is 0 Å². The predicted octanol–water partition coefficient (Wildman–Crippen LogP) is 6.36. The van der Waals surface area contributed by atoms with Gasteiger partial charge < -0.3 is 4.57 Å². The normalized spacial score (nSPS) is 11.8. The molecule has 3 aromatic carbocycles. The molecule has 138 valence electrons. The number of para-hydroxylation sites is 2. The van der Waals surface area contributed by atoms with Gasteiger partial charge in [0.15, 0.2) is 0 Å². The topological polar surface area (TPSA) is 41.6 Å². The Morgan fingerprint density at radius 1 is 0.966 bits per heavy atom. The van der Waals surface area contributed by atoms with E-state index in [1.54, 1.807) is 11.3 Å². The van der Waals surface area contributed by atoms with Gasteiger partial charge >= 0.3 is 0 Å². The quantitative estimate of drug-likeness (QED) is 0.334. The first-order valence-electron chi connectivity index (χ1n) is 9.41. The second kappa shape index (κ2) is 7.38. The zero-order valence-electron chi connectivity index (χ0n) is 15.6. The smallest absolute Gasteiger partial charge is 0.135 e. The fourth-order valence-electron chi connectivity index (χ4n) is 3.59. The number of fused-ring (bicyclic) bond motifs is 2. The van der Waals surface area contributed by atoms with Crippen molar-refractivity contribution in [3.8, 4) is 6.07 Å². The molecule has 0 unspecified atom stereocenters. The number of hydrogen-bond acceptors (Lipinski definition) is 3. The first kappa shape index (κ1) is 17.4. The highest BCUT2D eigenvalue weighted by molar-refractivity contribution is 7.19. The Bertz CT molecular complexity index is 1350. The van der Waals surface area contributed by atoms with Crippen LogP contribution in [0.5, 0.6) is 0 Å². The number of nitrogens with zero attached hydrogens (tertiary/aromatic N) is 3. The van der Waals surface area contributed by atoms with E-state index >= 15 is 0 Å². The van der Waals surface area contributed by atoms with Gasteiger partial charge in [-0.1, -0.05) is 60.7 Å². The van der Waals surface area contributed by atoms with Crippen molar-refractivity contribution >= 4 is 44.1 Å². The zero-order valence-corrected chi connectivity index (χ0v) is 16.4. The van der Waals surface area contributed by atoms with Crippen LogP contribution in [0.15, 0.2) is 85.1 Å². The minimum atomic E-state index is 0.591. The molecule has 2 aromatic heterocycles. The van der Waals surface area contributed by atoms with Crippen molar-refractivity contribution in [3.63, 3.8) is 0 Å². The van der Waals surface area contributed by atoms with Gasteiger partial charge in [-0.2, -0.15) is 5.26 Å². The number of benzene rings is 3. The molecule has 0 bridgehead atoms. The number of allylic oxidation sites excluding steroid dienone is 1. The van der Waals surface area contributed by atoms with Crippen LogP contribution in [0.25, 0.3) is 32.8 Å². The summed E-state index contributed by atoms with van der Waals surface area (Å²) in [4.78, 5) is 4.66. The lowest BCUT2D eigenvalue weighted by molar-refractivity contribution is 0.836. The molecule has 0 radical (unpaired) electrons. The molecule has 0 spiro atoms. The first-order chi connectivity index (χ1) is 14.3. The Kier molecular flexibility index (Phi) is 4.44. The highest BCUT2D eigenvalue weighted by Crippen LogP contribution is 2.30. The van der Waals surface area contributed by atoms with Gasteiger partial charge in [-0.05, 0) is 29.8 Å². The number of aromatic nitrogens is 2. The fraction of sp³-hybridized carbons (Fsp3) is 0.0400. The number of thiazole rings is 1. The molecule has 29 heavy (non-hydrogen) atoms. The Balaban J connectivity index is 1.61. The van der Waals surface area contributed by atoms with Gasteiger partial charge in [-0.15, -0.1) is 11.3 Å². The summed E-state index contributed by atoms with van der Waals surface area (Å²) in [6.45, 7) is 0.790. The highest BCUT2D eigenvalue weighted by atomic mass is 32.1. The molecule has 3 nitrogen and oxygen atoms in total. The average molecular weight is 391 g/mol. The molecule has 2 heterocycles. The minimum Gasteiger partial charge on any atom is -0.342 e. The van der Waals surface area contributed by atoms with Gasteiger partial charge in [0.1, 0.15) is 11.1 Å². The molecular weight excluding hydrogens is 374 g/mol. The Morgan fingerprint density at radius 2 is 1.72 bits per heavy atom. The van der Waals surface area contributed by atoms with Crippen molar-refractivity contribution in [1.29, 1.82) is 5.26 Å². The maximum atomic E-state index is 9.82. The monoisotopic (exact) mass is 391 g/mol. The van der Waals surface area contributed by atoms with E-state index in [9.17, 15) is 5.26 Å². The third kappa shape index (κ3) is 3.33. The molecule has 0 amide bonds. The SMILES string of the molecule is N#CC(=Cc1cn(Cc2ccccc2)c2ccccc12)c1nc2ccccc2s1. The maximum Gasteiger partial charge on any atom is 0.135 e. The summed E-state index contributed by atoms with van der Waals surface area (Å²) in [7, 11) is 0. The lowest BCUT2D eigenvalue weighted by Gasteiger charge is -2.05. The van der Waals surface area contributed by atoms with Gasteiger partial charge in [-0.3, -0.25) is 0 Å². The summed E-state index contributed by atoms with van der Waals surface area (Å²) < 4.78 is 3.33. The van der Waals surface area contributed by atoms with Crippen LogP contribution in [0.4, 0.5) is 0 Å². The first-order valence-corrected chi connectivity index (χ1v) is 10.2. The van der Waals surface area contributed by atoms with Gasteiger partial charge in [0, 0.05) is 29.2 Å². The molecule has 0 fully saturated rings. The van der Waals surface area contributed by atoms with Crippen LogP contribution in [0.1, 0.15) is 16.1 Å². The number of nitriles is 1. The van der Waals surface area contributed by atoms with Crippen LogP contribution in [0.3, 0.4) is 0 Å². The fourth-order valence-corrected chi connectivity index (χ4v) is 4.52. The maximum absolute atomic E-state index is 9.82. The molecular formula is C25H17N3S. The Hall–Kier alpha value is -3.68. The molecule has 0 aliphatic carbocycles. The third-order valence-corrected chi connectivity index (χ3v) is 6.03. The van der Waals surface area contributed by atoms with E-state index in [1.807, 2.05) is 42.5 Å².